The Balaban J connectivity index is 1.95. The molecule has 0 aliphatic rings. The maximum atomic E-state index is 11.8. The number of nitrogens with zero attached hydrogens (tertiary/aromatic N) is 1. The Hall–Kier alpha value is -2.50. The van der Waals surface area contributed by atoms with E-state index in [2.05, 4.69) is 10.1 Å². The van der Waals surface area contributed by atoms with Gasteiger partial charge in [0.2, 0.25) is 5.91 Å². The van der Waals surface area contributed by atoms with Gasteiger partial charge in [-0.2, -0.15) is 0 Å². The average molecular weight is 275 g/mol. The van der Waals surface area contributed by atoms with E-state index in [1.54, 1.807) is 0 Å². The van der Waals surface area contributed by atoms with Crippen molar-refractivity contribution in [2.45, 2.75) is 6.42 Å². The van der Waals surface area contributed by atoms with Crippen LogP contribution in [-0.2, 0) is 23.0 Å². The highest BCUT2D eigenvalue weighted by Crippen LogP contribution is 2.20. The van der Waals surface area contributed by atoms with Crippen molar-refractivity contribution in [2.24, 2.45) is 12.8 Å². The van der Waals surface area contributed by atoms with Crippen LogP contribution in [0.4, 0.5) is 4.79 Å². The number of aryl methyl sites for hydroxylation is 1. The lowest BCUT2D eigenvalue weighted by molar-refractivity contribution is -0.120. The number of fused-ring (bicyclic) bond motifs is 1. The first-order chi connectivity index (χ1) is 9.58. The fourth-order valence-corrected chi connectivity index (χ4v) is 2.14. The highest BCUT2D eigenvalue weighted by atomic mass is 16.5. The van der Waals surface area contributed by atoms with Crippen LogP contribution in [0.3, 0.4) is 0 Å². The lowest BCUT2D eigenvalue weighted by Gasteiger charge is -2.04. The minimum atomic E-state index is -0.840. The fraction of sp³-hybridized carbons (Fsp3) is 0.286. The summed E-state index contributed by atoms with van der Waals surface area (Å²) >= 11 is 0. The SMILES string of the molecule is Cn1cc(CC(=O)NCCOC(N)=O)c2ccccc21. The van der Waals surface area contributed by atoms with Crippen LogP contribution in [-0.4, -0.2) is 29.7 Å². The summed E-state index contributed by atoms with van der Waals surface area (Å²) in [5, 5.41) is 3.75. The first-order valence-electron chi connectivity index (χ1n) is 6.30. The predicted octanol–water partition coefficient (Wildman–Crippen LogP) is 0.932. The molecule has 1 aromatic carbocycles. The van der Waals surface area contributed by atoms with Gasteiger partial charge < -0.3 is 20.4 Å². The van der Waals surface area contributed by atoms with Gasteiger partial charge in [-0.1, -0.05) is 18.2 Å². The first kappa shape index (κ1) is 13.9. The predicted molar refractivity (Wildman–Crippen MR) is 75.2 cm³/mol. The molecule has 0 saturated carbocycles. The summed E-state index contributed by atoms with van der Waals surface area (Å²) in [5.41, 5.74) is 6.88. The quantitative estimate of drug-likeness (QED) is 0.796. The van der Waals surface area contributed by atoms with Crippen LogP contribution < -0.4 is 11.1 Å². The van der Waals surface area contributed by atoms with E-state index in [1.807, 2.05) is 42.1 Å². The molecule has 0 radical (unpaired) electrons. The first-order valence-corrected chi connectivity index (χ1v) is 6.30. The second kappa shape index (κ2) is 6.10. The molecule has 0 saturated heterocycles. The zero-order valence-corrected chi connectivity index (χ0v) is 11.3. The largest absolute Gasteiger partial charge is 0.448 e. The fourth-order valence-electron chi connectivity index (χ4n) is 2.14. The van der Waals surface area contributed by atoms with E-state index >= 15 is 0 Å². The summed E-state index contributed by atoms with van der Waals surface area (Å²) in [6, 6.07) is 7.92. The molecule has 2 amide bonds. The number of amides is 2. The van der Waals surface area contributed by atoms with Gasteiger partial charge >= 0.3 is 6.09 Å². The second-order valence-corrected chi connectivity index (χ2v) is 4.48. The molecule has 0 aliphatic heterocycles. The molecule has 2 aromatic rings. The van der Waals surface area contributed by atoms with Gasteiger partial charge in [-0.3, -0.25) is 4.79 Å². The molecular formula is C14H17N3O3. The molecule has 0 spiro atoms. The minimum absolute atomic E-state index is 0.0800. The summed E-state index contributed by atoms with van der Waals surface area (Å²) in [4.78, 5) is 22.2. The Morgan fingerprint density at radius 2 is 2.10 bits per heavy atom. The lowest BCUT2D eigenvalue weighted by Crippen LogP contribution is -2.30. The van der Waals surface area contributed by atoms with E-state index < -0.39 is 6.09 Å². The van der Waals surface area contributed by atoms with E-state index in [0.29, 0.717) is 0 Å². The number of carbonyl (C=O) groups excluding carboxylic acids is 2. The van der Waals surface area contributed by atoms with Crippen molar-refractivity contribution in [3.05, 3.63) is 36.0 Å². The van der Waals surface area contributed by atoms with Gasteiger partial charge in [-0.25, -0.2) is 4.79 Å². The van der Waals surface area contributed by atoms with E-state index in [4.69, 9.17) is 5.73 Å². The van der Waals surface area contributed by atoms with Crippen molar-refractivity contribution in [3.63, 3.8) is 0 Å². The third kappa shape index (κ3) is 3.28. The van der Waals surface area contributed by atoms with Crippen LogP contribution in [0, 0.1) is 0 Å². The number of nitrogens with one attached hydrogen (secondary N) is 1. The number of carbonyl (C=O) groups is 2. The lowest BCUT2D eigenvalue weighted by atomic mass is 10.1. The monoisotopic (exact) mass is 275 g/mol. The van der Waals surface area contributed by atoms with Crippen molar-refractivity contribution in [1.29, 1.82) is 0 Å². The van der Waals surface area contributed by atoms with E-state index in [-0.39, 0.29) is 25.5 Å². The van der Waals surface area contributed by atoms with Crippen LogP contribution in [0.2, 0.25) is 0 Å². The molecular weight excluding hydrogens is 258 g/mol. The molecule has 3 N–H and O–H groups in total. The number of primary amides is 1. The number of rotatable bonds is 5. The van der Waals surface area contributed by atoms with Gasteiger partial charge in [-0.05, 0) is 11.6 Å². The van der Waals surface area contributed by atoms with Crippen molar-refractivity contribution < 1.29 is 14.3 Å². The zero-order chi connectivity index (χ0) is 14.5. The molecule has 1 heterocycles. The second-order valence-electron chi connectivity index (χ2n) is 4.48. The molecule has 0 fully saturated rings. The third-order valence-corrected chi connectivity index (χ3v) is 3.00. The molecule has 6 heteroatoms. The Morgan fingerprint density at radius 1 is 1.35 bits per heavy atom. The number of hydrogen-bond donors (Lipinski definition) is 2. The molecule has 0 atom stereocenters. The van der Waals surface area contributed by atoms with Crippen LogP contribution in [0.1, 0.15) is 5.56 Å². The summed E-state index contributed by atoms with van der Waals surface area (Å²) in [7, 11) is 1.95. The van der Waals surface area contributed by atoms with Gasteiger partial charge in [0, 0.05) is 24.1 Å². The third-order valence-electron chi connectivity index (χ3n) is 3.00. The van der Waals surface area contributed by atoms with Crippen LogP contribution in [0.25, 0.3) is 10.9 Å². The van der Waals surface area contributed by atoms with Gasteiger partial charge in [0.15, 0.2) is 0 Å². The van der Waals surface area contributed by atoms with E-state index in [9.17, 15) is 9.59 Å². The van der Waals surface area contributed by atoms with E-state index in [1.165, 1.54) is 0 Å². The summed E-state index contributed by atoms with van der Waals surface area (Å²) in [6.07, 6.45) is 1.40. The van der Waals surface area contributed by atoms with Crippen molar-refractivity contribution in [3.8, 4) is 0 Å². The molecule has 6 nitrogen and oxygen atoms in total. The molecule has 0 bridgehead atoms. The topological polar surface area (TPSA) is 86.3 Å². The Bertz CT molecular complexity index is 634. The highest BCUT2D eigenvalue weighted by Gasteiger charge is 2.10. The van der Waals surface area contributed by atoms with Crippen molar-refractivity contribution >= 4 is 22.9 Å². The number of aromatic nitrogens is 1. The molecule has 0 aliphatic carbocycles. The molecule has 1 aromatic heterocycles. The zero-order valence-electron chi connectivity index (χ0n) is 11.3. The van der Waals surface area contributed by atoms with Crippen molar-refractivity contribution in [2.75, 3.05) is 13.2 Å². The summed E-state index contributed by atoms with van der Waals surface area (Å²) in [5.74, 6) is -0.116. The normalized spacial score (nSPS) is 10.4. The number of ether oxygens (including phenoxy) is 1. The van der Waals surface area contributed by atoms with E-state index in [0.717, 1.165) is 16.5 Å². The maximum absolute atomic E-state index is 11.8. The Morgan fingerprint density at radius 3 is 2.85 bits per heavy atom. The number of para-hydroxylation sites is 1. The van der Waals surface area contributed by atoms with Gasteiger partial charge in [-0.15, -0.1) is 0 Å². The highest BCUT2D eigenvalue weighted by molar-refractivity contribution is 5.89. The molecule has 0 unspecified atom stereocenters. The summed E-state index contributed by atoms with van der Waals surface area (Å²) < 4.78 is 6.53. The maximum Gasteiger partial charge on any atom is 0.404 e. The van der Waals surface area contributed by atoms with Crippen LogP contribution in [0.5, 0.6) is 0 Å². The summed E-state index contributed by atoms with van der Waals surface area (Å²) in [6.45, 7) is 0.336. The minimum Gasteiger partial charge on any atom is -0.448 e. The number of hydrogen-bond acceptors (Lipinski definition) is 3. The Labute approximate surface area is 116 Å². The molecule has 106 valence electrons. The molecule has 20 heavy (non-hydrogen) atoms. The average Bonchev–Trinajstić information content (AvgIpc) is 2.72. The smallest absolute Gasteiger partial charge is 0.404 e. The number of nitrogens with two attached hydrogens (primary N) is 1. The van der Waals surface area contributed by atoms with Crippen LogP contribution in [0.15, 0.2) is 30.5 Å². The van der Waals surface area contributed by atoms with Crippen LogP contribution >= 0.6 is 0 Å². The van der Waals surface area contributed by atoms with Gasteiger partial charge in [0.1, 0.15) is 6.61 Å². The van der Waals surface area contributed by atoms with Crippen molar-refractivity contribution in [1.82, 2.24) is 9.88 Å². The van der Waals surface area contributed by atoms with Gasteiger partial charge in [0.05, 0.1) is 13.0 Å². The number of benzene rings is 1. The van der Waals surface area contributed by atoms with Gasteiger partial charge in [0.25, 0.3) is 0 Å². The Kier molecular flexibility index (Phi) is 4.24. The molecule has 2 rings (SSSR count). The standard InChI is InChI=1S/C14H17N3O3/c1-17-9-10(11-4-2-3-5-12(11)17)8-13(18)16-6-7-20-14(15)19/h2-5,9H,6-8H2,1H3,(H2,15,19)(H,16,18).